The predicted molar refractivity (Wildman–Crippen MR) is 112 cm³/mol. The van der Waals surface area contributed by atoms with Crippen LogP contribution in [0.25, 0.3) is 0 Å². The highest BCUT2D eigenvalue weighted by molar-refractivity contribution is 6.05. The molecule has 1 saturated carbocycles. The van der Waals surface area contributed by atoms with Crippen LogP contribution in [0.5, 0.6) is 0 Å². The standard InChI is InChI=1S/C25H23N/c1-18-9-6-12-21-17-24(26-15-14-18)23-16-19(2)8-4-3-5-10-20-11-7-13-22(21)25(20)23/h3-9,11-16,22,25H,1-2,10,17H2/b5-3-,8-4-,9-6-,15-14?,21-12+,23-16-,26-24?. The molecule has 0 radical (unpaired) electrons. The van der Waals surface area contributed by atoms with Gasteiger partial charge in [0.2, 0.25) is 0 Å². The quantitative estimate of drug-likeness (QED) is 0.504. The summed E-state index contributed by atoms with van der Waals surface area (Å²) in [5, 5.41) is 0. The second-order valence-electron chi connectivity index (χ2n) is 7.04. The van der Waals surface area contributed by atoms with Crippen LogP contribution in [0.3, 0.4) is 0 Å². The molecule has 4 rings (SSSR count). The normalized spacial score (nSPS) is 34.9. The van der Waals surface area contributed by atoms with Gasteiger partial charge in [-0.25, -0.2) is 0 Å². The van der Waals surface area contributed by atoms with Crippen molar-refractivity contribution in [1.29, 1.82) is 0 Å². The van der Waals surface area contributed by atoms with E-state index in [2.05, 4.69) is 73.9 Å². The van der Waals surface area contributed by atoms with Crippen LogP contribution >= 0.6 is 0 Å². The Hall–Kier alpha value is -2.93. The van der Waals surface area contributed by atoms with Crippen molar-refractivity contribution >= 4 is 5.71 Å². The summed E-state index contributed by atoms with van der Waals surface area (Å²) < 4.78 is 0. The lowest BCUT2D eigenvalue weighted by Crippen LogP contribution is -2.32. The Balaban J connectivity index is 1.91. The summed E-state index contributed by atoms with van der Waals surface area (Å²) >= 11 is 0. The van der Waals surface area contributed by atoms with E-state index in [0.717, 1.165) is 29.7 Å². The lowest BCUT2D eigenvalue weighted by molar-refractivity contribution is 0.552. The number of aliphatic imine (C=N–C) groups is 1. The molecule has 26 heavy (non-hydrogen) atoms. The van der Waals surface area contributed by atoms with Crippen LogP contribution in [0.2, 0.25) is 0 Å². The lowest BCUT2D eigenvalue weighted by Gasteiger charge is -2.39. The van der Waals surface area contributed by atoms with Crippen molar-refractivity contribution < 1.29 is 0 Å². The largest absolute Gasteiger partial charge is 0.261 e. The van der Waals surface area contributed by atoms with Gasteiger partial charge in [-0.2, -0.15) is 0 Å². The highest BCUT2D eigenvalue weighted by Gasteiger charge is 2.37. The maximum absolute atomic E-state index is 4.83. The molecule has 2 atom stereocenters. The highest BCUT2D eigenvalue weighted by atomic mass is 14.7. The molecule has 0 saturated heterocycles. The summed E-state index contributed by atoms with van der Waals surface area (Å²) in [6.07, 6.45) is 29.6. The first-order valence-corrected chi connectivity index (χ1v) is 9.13. The van der Waals surface area contributed by atoms with E-state index in [0.29, 0.717) is 11.8 Å². The smallest absolute Gasteiger partial charge is 0.0482 e. The van der Waals surface area contributed by atoms with Gasteiger partial charge >= 0.3 is 0 Å². The van der Waals surface area contributed by atoms with Gasteiger partial charge in [-0.05, 0) is 35.3 Å². The van der Waals surface area contributed by atoms with Gasteiger partial charge in [0.25, 0.3) is 0 Å². The molecule has 1 nitrogen and oxygen atoms in total. The van der Waals surface area contributed by atoms with Gasteiger partial charge in [0.1, 0.15) is 0 Å². The van der Waals surface area contributed by atoms with Crippen molar-refractivity contribution in [2.45, 2.75) is 12.8 Å². The van der Waals surface area contributed by atoms with Crippen molar-refractivity contribution in [2.24, 2.45) is 16.8 Å². The molecule has 1 aliphatic heterocycles. The van der Waals surface area contributed by atoms with E-state index in [9.17, 15) is 0 Å². The molecule has 0 aromatic rings. The zero-order valence-electron chi connectivity index (χ0n) is 14.9. The van der Waals surface area contributed by atoms with Crippen molar-refractivity contribution in [3.05, 3.63) is 120 Å². The molecule has 3 aliphatic carbocycles. The van der Waals surface area contributed by atoms with E-state index >= 15 is 0 Å². The second-order valence-corrected chi connectivity index (χ2v) is 7.04. The fourth-order valence-corrected chi connectivity index (χ4v) is 4.01. The van der Waals surface area contributed by atoms with Crippen LogP contribution in [0.15, 0.2) is 125 Å². The fourth-order valence-electron chi connectivity index (χ4n) is 4.01. The van der Waals surface area contributed by atoms with Gasteiger partial charge in [-0.15, -0.1) is 0 Å². The molecule has 2 unspecified atom stereocenters. The van der Waals surface area contributed by atoms with Gasteiger partial charge in [0.05, 0.1) is 0 Å². The summed E-state index contributed by atoms with van der Waals surface area (Å²) in [6.45, 7) is 8.27. The summed E-state index contributed by atoms with van der Waals surface area (Å²) in [6, 6.07) is 0. The predicted octanol–water partition coefficient (Wildman–Crippen LogP) is 6.12. The number of hydrogen-bond donors (Lipinski definition) is 0. The molecule has 0 amide bonds. The van der Waals surface area contributed by atoms with Crippen LogP contribution in [-0.4, -0.2) is 5.71 Å². The SMILES string of the molecule is C=C1C=CN=C2C/C(=C\C=C/1)C1C=CC=C3C/C=C\C=C/C(=C)/C=C/2C31. The van der Waals surface area contributed by atoms with Gasteiger partial charge in [-0.3, -0.25) is 4.99 Å². The Labute approximate surface area is 155 Å². The molecule has 4 aliphatic rings. The minimum atomic E-state index is 0.330. The lowest BCUT2D eigenvalue weighted by atomic mass is 9.65. The molecule has 1 heterocycles. The summed E-state index contributed by atoms with van der Waals surface area (Å²) in [5.41, 5.74) is 7.26. The monoisotopic (exact) mass is 337 g/mol. The van der Waals surface area contributed by atoms with E-state index in [1.807, 2.05) is 18.4 Å². The minimum Gasteiger partial charge on any atom is -0.261 e. The first kappa shape index (κ1) is 16.5. The molecule has 1 fully saturated rings. The molecule has 1 heteroatoms. The van der Waals surface area contributed by atoms with Crippen LogP contribution in [-0.2, 0) is 0 Å². The first-order valence-electron chi connectivity index (χ1n) is 9.13. The van der Waals surface area contributed by atoms with Crippen LogP contribution in [0, 0.1) is 11.8 Å². The molecular formula is C25H23N. The molecule has 0 aromatic carbocycles. The third-order valence-corrected chi connectivity index (χ3v) is 5.25. The Morgan fingerprint density at radius 3 is 2.65 bits per heavy atom. The third kappa shape index (κ3) is 3.25. The van der Waals surface area contributed by atoms with Gasteiger partial charge < -0.3 is 0 Å². The van der Waals surface area contributed by atoms with Gasteiger partial charge in [0, 0.05) is 30.2 Å². The Morgan fingerprint density at radius 2 is 1.73 bits per heavy atom. The van der Waals surface area contributed by atoms with E-state index in [-0.39, 0.29) is 0 Å². The average molecular weight is 337 g/mol. The Bertz CT molecular complexity index is 919. The van der Waals surface area contributed by atoms with E-state index in [1.54, 1.807) is 0 Å². The number of fused-ring (bicyclic) bond motifs is 4. The van der Waals surface area contributed by atoms with E-state index in [4.69, 9.17) is 4.99 Å². The van der Waals surface area contributed by atoms with Gasteiger partial charge in [-0.1, -0.05) is 85.1 Å². The number of allylic oxidation sites excluding steroid dienone is 17. The molecule has 128 valence electrons. The summed E-state index contributed by atoms with van der Waals surface area (Å²) in [5.74, 6) is 0.710. The van der Waals surface area contributed by atoms with Crippen LogP contribution in [0.1, 0.15) is 12.8 Å². The van der Waals surface area contributed by atoms with Crippen LogP contribution < -0.4 is 0 Å². The highest BCUT2D eigenvalue weighted by Crippen LogP contribution is 2.45. The maximum Gasteiger partial charge on any atom is 0.0482 e. The van der Waals surface area contributed by atoms with Crippen molar-refractivity contribution in [2.75, 3.05) is 0 Å². The Kier molecular flexibility index (Phi) is 4.53. The van der Waals surface area contributed by atoms with Crippen LogP contribution in [0.4, 0.5) is 0 Å². The van der Waals surface area contributed by atoms with Crippen molar-refractivity contribution in [3.63, 3.8) is 0 Å². The van der Waals surface area contributed by atoms with E-state index in [1.165, 1.54) is 16.7 Å². The average Bonchev–Trinajstić information content (AvgIpc) is 2.63. The molecule has 2 bridgehead atoms. The summed E-state index contributed by atoms with van der Waals surface area (Å²) in [7, 11) is 0. The second kappa shape index (κ2) is 7.13. The minimum absolute atomic E-state index is 0.330. The molecule has 0 spiro atoms. The molecular weight excluding hydrogens is 314 g/mol. The topological polar surface area (TPSA) is 12.4 Å². The van der Waals surface area contributed by atoms with Gasteiger partial charge in [0.15, 0.2) is 0 Å². The number of hydrogen-bond acceptors (Lipinski definition) is 1. The number of rotatable bonds is 0. The Morgan fingerprint density at radius 1 is 0.885 bits per heavy atom. The molecule has 0 aromatic heterocycles. The van der Waals surface area contributed by atoms with Crippen molar-refractivity contribution in [3.8, 4) is 0 Å². The summed E-state index contributed by atoms with van der Waals surface area (Å²) in [4.78, 5) is 4.83. The third-order valence-electron chi connectivity index (χ3n) is 5.25. The fraction of sp³-hybridized carbons (Fsp3) is 0.160. The van der Waals surface area contributed by atoms with E-state index < -0.39 is 0 Å². The molecule has 0 N–H and O–H groups in total. The maximum atomic E-state index is 4.83. The first-order chi connectivity index (χ1) is 12.7. The number of nitrogens with zero attached hydrogens (tertiary/aromatic N) is 1. The zero-order chi connectivity index (χ0) is 17.9. The van der Waals surface area contributed by atoms with Crippen molar-refractivity contribution in [1.82, 2.24) is 0 Å². The zero-order valence-corrected chi connectivity index (χ0v) is 14.9.